The van der Waals surface area contributed by atoms with Gasteiger partial charge in [0.25, 0.3) is 0 Å². The number of hydrogen-bond donors (Lipinski definition) is 2. The summed E-state index contributed by atoms with van der Waals surface area (Å²) in [6, 6.07) is 8.11. The van der Waals surface area contributed by atoms with E-state index in [1.165, 1.54) is 18.4 Å². The number of benzene rings is 1. The van der Waals surface area contributed by atoms with Crippen molar-refractivity contribution >= 4 is 5.97 Å². The fourth-order valence-electron chi connectivity index (χ4n) is 2.18. The van der Waals surface area contributed by atoms with Crippen molar-refractivity contribution in [3.63, 3.8) is 0 Å². The quantitative estimate of drug-likeness (QED) is 0.797. The first kappa shape index (κ1) is 11.1. The predicted octanol–water partition coefficient (Wildman–Crippen LogP) is 2.08. The molecule has 1 saturated carbocycles. The Hall–Kier alpha value is -1.35. The highest BCUT2D eigenvalue weighted by molar-refractivity contribution is 5.68. The van der Waals surface area contributed by atoms with Gasteiger partial charge in [-0.05, 0) is 36.4 Å². The molecule has 1 aromatic carbocycles. The molecule has 3 N–H and O–H groups in total. The van der Waals surface area contributed by atoms with E-state index in [9.17, 15) is 4.79 Å². The van der Waals surface area contributed by atoms with Gasteiger partial charge >= 0.3 is 5.97 Å². The topological polar surface area (TPSA) is 63.3 Å². The van der Waals surface area contributed by atoms with E-state index < -0.39 is 5.97 Å². The summed E-state index contributed by atoms with van der Waals surface area (Å²) in [5.41, 5.74) is 8.12. The van der Waals surface area contributed by atoms with E-state index in [0.717, 1.165) is 5.56 Å². The number of carbonyl (C=O) groups is 1. The summed E-state index contributed by atoms with van der Waals surface area (Å²) in [5.74, 6) is -0.186. The number of carboxylic acid groups (broad SMARTS) is 1. The fraction of sp³-hybridized carbons (Fsp3) is 0.462. The monoisotopic (exact) mass is 219 g/mol. The summed E-state index contributed by atoms with van der Waals surface area (Å²) < 4.78 is 0. The minimum atomic E-state index is -0.777. The predicted molar refractivity (Wildman–Crippen MR) is 62.5 cm³/mol. The van der Waals surface area contributed by atoms with E-state index in [4.69, 9.17) is 10.8 Å². The Kier molecular flexibility index (Phi) is 3.25. The third-order valence-corrected chi connectivity index (χ3v) is 3.16. The third-order valence-electron chi connectivity index (χ3n) is 3.16. The molecule has 0 spiro atoms. The van der Waals surface area contributed by atoms with Crippen LogP contribution in [0.15, 0.2) is 24.3 Å². The molecule has 3 nitrogen and oxygen atoms in total. The summed E-state index contributed by atoms with van der Waals surface area (Å²) in [6.07, 6.45) is 2.57. The molecule has 0 saturated heterocycles. The van der Waals surface area contributed by atoms with Crippen LogP contribution in [0.1, 0.15) is 42.2 Å². The van der Waals surface area contributed by atoms with Crippen LogP contribution in [0.2, 0.25) is 0 Å². The van der Waals surface area contributed by atoms with Crippen molar-refractivity contribution in [2.45, 2.75) is 31.1 Å². The second kappa shape index (κ2) is 4.66. The Balaban J connectivity index is 2.25. The second-order valence-electron chi connectivity index (χ2n) is 4.43. The zero-order valence-corrected chi connectivity index (χ0v) is 9.23. The van der Waals surface area contributed by atoms with Crippen LogP contribution in [0, 0.1) is 0 Å². The van der Waals surface area contributed by atoms with Crippen molar-refractivity contribution in [3.8, 4) is 0 Å². The smallest absolute Gasteiger partial charge is 0.304 e. The van der Waals surface area contributed by atoms with Gasteiger partial charge in [0.2, 0.25) is 0 Å². The van der Waals surface area contributed by atoms with Crippen molar-refractivity contribution in [2.24, 2.45) is 5.73 Å². The molecular weight excluding hydrogens is 202 g/mol. The Labute approximate surface area is 95.3 Å². The fourth-order valence-corrected chi connectivity index (χ4v) is 2.18. The van der Waals surface area contributed by atoms with Crippen LogP contribution in [0.4, 0.5) is 0 Å². The van der Waals surface area contributed by atoms with Crippen LogP contribution in [-0.4, -0.2) is 17.6 Å². The van der Waals surface area contributed by atoms with E-state index in [1.54, 1.807) is 0 Å². The Morgan fingerprint density at radius 3 is 2.69 bits per heavy atom. The van der Waals surface area contributed by atoms with Crippen molar-refractivity contribution in [1.82, 2.24) is 0 Å². The van der Waals surface area contributed by atoms with E-state index in [1.807, 2.05) is 18.2 Å². The van der Waals surface area contributed by atoms with Gasteiger partial charge in [0.05, 0.1) is 6.42 Å². The SMILES string of the molecule is NCC(CC(=O)O)c1ccccc1C1CC1. The van der Waals surface area contributed by atoms with Gasteiger partial charge in [-0.2, -0.15) is 0 Å². The maximum atomic E-state index is 10.8. The van der Waals surface area contributed by atoms with Crippen LogP contribution >= 0.6 is 0 Å². The van der Waals surface area contributed by atoms with E-state index in [2.05, 4.69) is 6.07 Å². The first-order valence-electron chi connectivity index (χ1n) is 5.73. The van der Waals surface area contributed by atoms with Gasteiger partial charge in [-0.3, -0.25) is 4.79 Å². The van der Waals surface area contributed by atoms with Crippen molar-refractivity contribution in [2.75, 3.05) is 6.54 Å². The molecule has 0 radical (unpaired) electrons. The lowest BCUT2D eigenvalue weighted by Gasteiger charge is -2.17. The van der Waals surface area contributed by atoms with E-state index in [0.29, 0.717) is 12.5 Å². The van der Waals surface area contributed by atoms with Gasteiger partial charge < -0.3 is 10.8 Å². The molecule has 1 unspecified atom stereocenters. The molecular formula is C13H17NO2. The average molecular weight is 219 g/mol. The molecule has 1 aromatic rings. The molecule has 86 valence electrons. The van der Waals surface area contributed by atoms with Crippen molar-refractivity contribution in [1.29, 1.82) is 0 Å². The molecule has 2 rings (SSSR count). The van der Waals surface area contributed by atoms with Crippen LogP contribution in [0.25, 0.3) is 0 Å². The second-order valence-corrected chi connectivity index (χ2v) is 4.43. The molecule has 0 amide bonds. The highest BCUT2D eigenvalue weighted by Crippen LogP contribution is 2.43. The molecule has 1 aliphatic carbocycles. The minimum Gasteiger partial charge on any atom is -0.481 e. The lowest BCUT2D eigenvalue weighted by Crippen LogP contribution is -2.17. The Morgan fingerprint density at radius 2 is 2.12 bits per heavy atom. The molecule has 0 heterocycles. The number of carboxylic acids is 1. The molecule has 1 atom stereocenters. The maximum absolute atomic E-state index is 10.8. The highest BCUT2D eigenvalue weighted by atomic mass is 16.4. The lowest BCUT2D eigenvalue weighted by molar-refractivity contribution is -0.137. The third kappa shape index (κ3) is 2.42. The van der Waals surface area contributed by atoms with Gasteiger partial charge in [-0.15, -0.1) is 0 Å². The Morgan fingerprint density at radius 1 is 1.44 bits per heavy atom. The number of rotatable bonds is 5. The number of hydrogen-bond acceptors (Lipinski definition) is 2. The average Bonchev–Trinajstić information content (AvgIpc) is 3.09. The molecule has 16 heavy (non-hydrogen) atoms. The summed E-state index contributed by atoms with van der Waals surface area (Å²) >= 11 is 0. The van der Waals surface area contributed by atoms with Crippen LogP contribution < -0.4 is 5.73 Å². The first-order valence-corrected chi connectivity index (χ1v) is 5.73. The molecule has 0 aromatic heterocycles. The van der Waals surface area contributed by atoms with Gasteiger partial charge in [0.1, 0.15) is 0 Å². The van der Waals surface area contributed by atoms with Gasteiger partial charge in [-0.25, -0.2) is 0 Å². The van der Waals surface area contributed by atoms with Crippen LogP contribution in [0.3, 0.4) is 0 Å². The summed E-state index contributed by atoms with van der Waals surface area (Å²) in [5, 5.41) is 8.87. The van der Waals surface area contributed by atoms with Crippen molar-refractivity contribution < 1.29 is 9.90 Å². The van der Waals surface area contributed by atoms with Crippen LogP contribution in [-0.2, 0) is 4.79 Å². The Bertz CT molecular complexity index is 385. The number of aliphatic carboxylic acids is 1. The lowest BCUT2D eigenvalue weighted by atomic mass is 9.90. The largest absolute Gasteiger partial charge is 0.481 e. The van der Waals surface area contributed by atoms with Gasteiger partial charge in [-0.1, -0.05) is 24.3 Å². The minimum absolute atomic E-state index is 0.0469. The van der Waals surface area contributed by atoms with Crippen molar-refractivity contribution in [3.05, 3.63) is 35.4 Å². The summed E-state index contributed by atoms with van der Waals surface area (Å²) in [6.45, 7) is 0.399. The van der Waals surface area contributed by atoms with E-state index >= 15 is 0 Å². The molecule has 0 bridgehead atoms. The highest BCUT2D eigenvalue weighted by Gasteiger charge is 2.28. The normalized spacial score (nSPS) is 17.1. The van der Waals surface area contributed by atoms with Gasteiger partial charge in [0.15, 0.2) is 0 Å². The zero-order valence-electron chi connectivity index (χ0n) is 9.23. The van der Waals surface area contributed by atoms with Crippen LogP contribution in [0.5, 0.6) is 0 Å². The standard InChI is InChI=1S/C13H17NO2/c14-8-10(7-13(15)16)12-4-2-1-3-11(12)9-5-6-9/h1-4,9-10H,5-8,14H2,(H,15,16). The first-order chi connectivity index (χ1) is 7.72. The molecule has 3 heteroatoms. The van der Waals surface area contributed by atoms with E-state index in [-0.39, 0.29) is 12.3 Å². The summed E-state index contributed by atoms with van der Waals surface area (Å²) in [7, 11) is 0. The molecule has 1 aliphatic rings. The zero-order chi connectivity index (χ0) is 11.5. The summed E-state index contributed by atoms with van der Waals surface area (Å²) in [4.78, 5) is 10.8. The maximum Gasteiger partial charge on any atom is 0.304 e. The molecule has 1 fully saturated rings. The molecule has 0 aliphatic heterocycles. The number of nitrogens with two attached hydrogens (primary N) is 1. The van der Waals surface area contributed by atoms with Gasteiger partial charge in [0, 0.05) is 5.92 Å².